The summed E-state index contributed by atoms with van der Waals surface area (Å²) in [6.45, 7) is 6.83. The molecule has 0 spiro atoms. The van der Waals surface area contributed by atoms with Crippen LogP contribution < -0.4 is 5.11 Å². The molecular weight excluding hydrogens is 234 g/mol. The van der Waals surface area contributed by atoms with E-state index in [1.807, 2.05) is 20.8 Å². The van der Waals surface area contributed by atoms with Crippen LogP contribution in [0.25, 0.3) is 0 Å². The number of aliphatic carboxylic acids is 1. The Morgan fingerprint density at radius 1 is 1.28 bits per heavy atom. The fraction of sp³-hybridized carbons (Fsp3) is 0.846. The van der Waals surface area contributed by atoms with Gasteiger partial charge in [0.05, 0.1) is 0 Å². The number of hydrogen-bond donors (Lipinski definition) is 0. The third-order valence-electron chi connectivity index (χ3n) is 3.02. The highest BCUT2D eigenvalue weighted by atomic mass is 16.6. The Kier molecular flexibility index (Phi) is 4.99. The molecule has 0 unspecified atom stereocenters. The molecule has 104 valence electrons. The summed E-state index contributed by atoms with van der Waals surface area (Å²) in [5, 5.41) is 10.4. The normalized spacial score (nSPS) is 17.6. The lowest BCUT2D eigenvalue weighted by Crippen LogP contribution is -2.41. The molecule has 0 N–H and O–H groups in total. The van der Waals surface area contributed by atoms with Gasteiger partial charge in [0.2, 0.25) is 0 Å². The second kappa shape index (κ2) is 6.07. The number of hydrogen-bond acceptors (Lipinski definition) is 4. The van der Waals surface area contributed by atoms with Crippen molar-refractivity contribution in [1.82, 2.24) is 4.90 Å². The molecule has 18 heavy (non-hydrogen) atoms. The first-order valence-corrected chi connectivity index (χ1v) is 6.45. The molecule has 0 aliphatic carbocycles. The van der Waals surface area contributed by atoms with Crippen molar-refractivity contribution in [3.8, 4) is 0 Å². The molecule has 1 aliphatic heterocycles. The predicted molar refractivity (Wildman–Crippen MR) is 64.8 cm³/mol. The molecule has 1 saturated heterocycles. The third-order valence-corrected chi connectivity index (χ3v) is 3.02. The number of carboxylic acid groups (broad SMARTS) is 1. The molecule has 1 fully saturated rings. The lowest BCUT2D eigenvalue weighted by atomic mass is 9.92. The summed E-state index contributed by atoms with van der Waals surface area (Å²) >= 11 is 0. The van der Waals surface area contributed by atoms with Crippen molar-refractivity contribution < 1.29 is 19.4 Å². The lowest BCUT2D eigenvalue weighted by Gasteiger charge is -2.33. The van der Waals surface area contributed by atoms with Gasteiger partial charge in [0.1, 0.15) is 5.60 Å². The van der Waals surface area contributed by atoms with Crippen LogP contribution in [0.15, 0.2) is 0 Å². The summed E-state index contributed by atoms with van der Waals surface area (Å²) < 4.78 is 5.29. The van der Waals surface area contributed by atoms with Crippen LogP contribution in [0.2, 0.25) is 0 Å². The minimum atomic E-state index is -0.996. The van der Waals surface area contributed by atoms with Gasteiger partial charge in [0.15, 0.2) is 0 Å². The van der Waals surface area contributed by atoms with Crippen LogP contribution in [-0.2, 0) is 9.53 Å². The number of rotatable bonds is 3. The quantitative estimate of drug-likeness (QED) is 0.760. The van der Waals surface area contributed by atoms with Gasteiger partial charge in [-0.1, -0.05) is 0 Å². The minimum absolute atomic E-state index is 0.108. The van der Waals surface area contributed by atoms with Gasteiger partial charge in [-0.3, -0.25) is 0 Å². The summed E-state index contributed by atoms with van der Waals surface area (Å²) in [6.07, 6.45) is 2.15. The maximum absolute atomic E-state index is 11.8. The van der Waals surface area contributed by atoms with Crippen molar-refractivity contribution in [2.75, 3.05) is 13.1 Å². The molecule has 1 rings (SSSR count). The van der Waals surface area contributed by atoms with E-state index in [2.05, 4.69) is 0 Å². The van der Waals surface area contributed by atoms with E-state index in [4.69, 9.17) is 4.74 Å². The molecule has 1 amide bonds. The van der Waals surface area contributed by atoms with Gasteiger partial charge in [-0.15, -0.1) is 0 Å². The van der Waals surface area contributed by atoms with E-state index in [-0.39, 0.29) is 12.5 Å². The maximum atomic E-state index is 11.8. The summed E-state index contributed by atoms with van der Waals surface area (Å²) in [6, 6.07) is 0. The van der Waals surface area contributed by atoms with E-state index < -0.39 is 11.6 Å². The van der Waals surface area contributed by atoms with E-state index in [0.717, 1.165) is 12.8 Å². The van der Waals surface area contributed by atoms with Crippen molar-refractivity contribution in [2.24, 2.45) is 5.92 Å². The van der Waals surface area contributed by atoms with Gasteiger partial charge in [0.25, 0.3) is 0 Å². The highest BCUT2D eigenvalue weighted by Gasteiger charge is 2.26. The van der Waals surface area contributed by atoms with Crippen molar-refractivity contribution >= 4 is 12.1 Å². The van der Waals surface area contributed by atoms with Gasteiger partial charge in [0, 0.05) is 19.1 Å². The Labute approximate surface area is 108 Å². The zero-order valence-corrected chi connectivity index (χ0v) is 11.4. The van der Waals surface area contributed by atoms with Crippen LogP contribution in [0, 0.1) is 5.92 Å². The van der Waals surface area contributed by atoms with Gasteiger partial charge < -0.3 is 19.5 Å². The molecule has 0 bridgehead atoms. The summed E-state index contributed by atoms with van der Waals surface area (Å²) in [7, 11) is 0. The predicted octanol–water partition coefficient (Wildman–Crippen LogP) is 1.16. The van der Waals surface area contributed by atoms with Crippen molar-refractivity contribution in [3.63, 3.8) is 0 Å². The first kappa shape index (κ1) is 14.8. The summed E-state index contributed by atoms with van der Waals surface area (Å²) in [5.74, 6) is -0.619. The molecule has 0 aromatic rings. The zero-order valence-electron chi connectivity index (χ0n) is 11.4. The molecule has 5 heteroatoms. The molecule has 1 heterocycles. The van der Waals surface area contributed by atoms with Crippen LogP contribution >= 0.6 is 0 Å². The van der Waals surface area contributed by atoms with E-state index in [1.54, 1.807) is 4.90 Å². The van der Waals surface area contributed by atoms with E-state index in [0.29, 0.717) is 25.4 Å². The van der Waals surface area contributed by atoms with Crippen molar-refractivity contribution in [2.45, 2.75) is 52.1 Å². The average Bonchev–Trinajstić information content (AvgIpc) is 2.24. The van der Waals surface area contributed by atoms with Gasteiger partial charge >= 0.3 is 6.09 Å². The fourth-order valence-corrected chi connectivity index (χ4v) is 2.05. The van der Waals surface area contributed by atoms with Crippen molar-refractivity contribution in [1.29, 1.82) is 0 Å². The smallest absolute Gasteiger partial charge is 0.410 e. The standard InChI is InChI=1S/C13H23NO4/c1-13(2,3)18-12(17)14-8-6-10(7-9-14)4-5-11(15)16/h10H,4-9H2,1-3H3,(H,15,16)/p-1. The van der Waals surface area contributed by atoms with Crippen LogP contribution in [0.4, 0.5) is 4.79 Å². The monoisotopic (exact) mass is 256 g/mol. The van der Waals surface area contributed by atoms with Crippen LogP contribution in [0.1, 0.15) is 46.5 Å². The fourth-order valence-electron chi connectivity index (χ4n) is 2.05. The Hall–Kier alpha value is -1.26. The zero-order chi connectivity index (χ0) is 13.8. The molecule has 0 radical (unpaired) electrons. The Bertz CT molecular complexity index is 301. The van der Waals surface area contributed by atoms with Crippen LogP contribution in [0.3, 0.4) is 0 Å². The molecular formula is C13H22NO4-. The Morgan fingerprint density at radius 3 is 2.28 bits per heavy atom. The third kappa shape index (κ3) is 5.38. The number of ether oxygens (including phenoxy) is 1. The average molecular weight is 256 g/mol. The summed E-state index contributed by atoms with van der Waals surface area (Å²) in [4.78, 5) is 23.9. The number of carbonyl (C=O) groups excluding carboxylic acids is 2. The minimum Gasteiger partial charge on any atom is -0.550 e. The molecule has 0 aromatic heterocycles. The number of carboxylic acids is 1. The van der Waals surface area contributed by atoms with E-state index >= 15 is 0 Å². The number of amides is 1. The molecule has 0 saturated carbocycles. The molecule has 0 aromatic carbocycles. The first-order chi connectivity index (χ1) is 8.28. The second-order valence-electron chi connectivity index (χ2n) is 5.82. The number of carbonyl (C=O) groups is 2. The number of nitrogens with zero attached hydrogens (tertiary/aromatic N) is 1. The Morgan fingerprint density at radius 2 is 1.83 bits per heavy atom. The van der Waals surface area contributed by atoms with Gasteiger partial charge in [-0.25, -0.2) is 4.79 Å². The van der Waals surface area contributed by atoms with E-state index in [1.165, 1.54) is 0 Å². The topological polar surface area (TPSA) is 69.7 Å². The second-order valence-corrected chi connectivity index (χ2v) is 5.82. The van der Waals surface area contributed by atoms with Crippen molar-refractivity contribution in [3.05, 3.63) is 0 Å². The highest BCUT2D eigenvalue weighted by molar-refractivity contribution is 5.68. The number of likely N-dealkylation sites (tertiary alicyclic amines) is 1. The lowest BCUT2D eigenvalue weighted by molar-refractivity contribution is -0.306. The molecule has 0 atom stereocenters. The van der Waals surface area contributed by atoms with E-state index in [9.17, 15) is 14.7 Å². The first-order valence-electron chi connectivity index (χ1n) is 6.45. The van der Waals surface area contributed by atoms with Crippen LogP contribution in [0.5, 0.6) is 0 Å². The molecule has 1 aliphatic rings. The highest BCUT2D eigenvalue weighted by Crippen LogP contribution is 2.23. The maximum Gasteiger partial charge on any atom is 0.410 e. The Balaban J connectivity index is 2.30. The number of piperidine rings is 1. The summed E-state index contributed by atoms with van der Waals surface area (Å²) in [5.41, 5.74) is -0.469. The molecule has 5 nitrogen and oxygen atoms in total. The van der Waals surface area contributed by atoms with Gasteiger partial charge in [-0.2, -0.15) is 0 Å². The SMILES string of the molecule is CC(C)(C)OC(=O)N1CCC(CCC(=O)[O-])CC1. The van der Waals surface area contributed by atoms with Gasteiger partial charge in [-0.05, 0) is 52.4 Å². The van der Waals surface area contributed by atoms with Crippen LogP contribution in [-0.4, -0.2) is 35.7 Å². The largest absolute Gasteiger partial charge is 0.550 e.